The van der Waals surface area contributed by atoms with Gasteiger partial charge >= 0.3 is 0 Å². The van der Waals surface area contributed by atoms with Gasteiger partial charge in [0.15, 0.2) is 21.6 Å². The molecule has 4 rings (SSSR count). The number of halogens is 1. The molecule has 0 aliphatic carbocycles. The zero-order valence-electron chi connectivity index (χ0n) is 15.4. The molecule has 0 amide bonds. The van der Waals surface area contributed by atoms with Crippen molar-refractivity contribution in [3.8, 4) is 5.75 Å². The lowest BCUT2D eigenvalue weighted by Gasteiger charge is -2.21. The highest BCUT2D eigenvalue weighted by molar-refractivity contribution is 9.10. The summed E-state index contributed by atoms with van der Waals surface area (Å²) in [6.45, 7) is 0.0781. The van der Waals surface area contributed by atoms with Crippen LogP contribution in [0.5, 0.6) is 5.75 Å². The lowest BCUT2D eigenvalue weighted by Crippen LogP contribution is -2.37. The molecule has 1 aromatic carbocycles. The molecule has 1 unspecified atom stereocenters. The number of anilines is 4. The predicted molar refractivity (Wildman–Crippen MR) is 121 cm³/mol. The van der Waals surface area contributed by atoms with E-state index in [9.17, 15) is 18.6 Å². The van der Waals surface area contributed by atoms with Crippen molar-refractivity contribution >= 4 is 72.0 Å². The Morgan fingerprint density at radius 1 is 1.20 bits per heavy atom. The molecular formula is C17H18BrN5O4S3. The molecule has 4 N–H and O–H groups in total. The van der Waals surface area contributed by atoms with Gasteiger partial charge in [0.2, 0.25) is 0 Å². The topological polar surface area (TPSA) is 128 Å². The van der Waals surface area contributed by atoms with Crippen LogP contribution in [0.15, 0.2) is 38.3 Å². The summed E-state index contributed by atoms with van der Waals surface area (Å²) < 4.78 is 36.3. The molecule has 1 saturated heterocycles. The minimum absolute atomic E-state index is 0.158. The van der Waals surface area contributed by atoms with Crippen LogP contribution in [0.4, 0.5) is 23.0 Å². The molecule has 2 aromatic heterocycles. The zero-order valence-corrected chi connectivity index (χ0v) is 19.5. The van der Waals surface area contributed by atoms with Gasteiger partial charge in [-0.15, -0.1) is 11.3 Å². The van der Waals surface area contributed by atoms with Gasteiger partial charge in [-0.3, -0.25) is 0 Å². The summed E-state index contributed by atoms with van der Waals surface area (Å²) in [4.78, 5) is 0. The molecule has 9 nitrogen and oxygen atoms in total. The molecule has 0 saturated carbocycles. The molecule has 1 fully saturated rings. The van der Waals surface area contributed by atoms with Gasteiger partial charge in [0.05, 0.1) is 29.7 Å². The van der Waals surface area contributed by atoms with E-state index in [1.807, 2.05) is 24.3 Å². The minimum Gasteiger partial charge on any atom is -0.504 e. The predicted octanol–water partition coefficient (Wildman–Crippen LogP) is 3.70. The lowest BCUT2D eigenvalue weighted by molar-refractivity contribution is 0.213. The summed E-state index contributed by atoms with van der Waals surface area (Å²) in [5, 5.41) is 27.7. The van der Waals surface area contributed by atoms with E-state index in [2.05, 4.69) is 35.3 Å². The summed E-state index contributed by atoms with van der Waals surface area (Å²) in [6.07, 6.45) is 1.28. The van der Waals surface area contributed by atoms with Crippen molar-refractivity contribution in [2.24, 2.45) is 0 Å². The van der Waals surface area contributed by atoms with E-state index in [-0.39, 0.29) is 22.3 Å². The van der Waals surface area contributed by atoms with Crippen LogP contribution in [0.3, 0.4) is 0 Å². The number of nitrogens with zero attached hydrogens (tertiary/aromatic N) is 3. The van der Waals surface area contributed by atoms with E-state index in [1.54, 1.807) is 0 Å². The number of rotatable bonds is 7. The van der Waals surface area contributed by atoms with Crippen molar-refractivity contribution in [2.75, 3.05) is 23.8 Å². The molecule has 0 bridgehead atoms. The van der Waals surface area contributed by atoms with Gasteiger partial charge in [-0.25, -0.2) is 8.42 Å². The van der Waals surface area contributed by atoms with Crippen molar-refractivity contribution in [1.29, 1.82) is 0 Å². The first-order chi connectivity index (χ1) is 14.4. The Morgan fingerprint density at radius 2 is 1.90 bits per heavy atom. The summed E-state index contributed by atoms with van der Waals surface area (Å²) >= 11 is 5.36. The fourth-order valence-electron chi connectivity index (χ4n) is 3.19. The Bertz CT molecular complexity index is 1150. The third-order valence-corrected chi connectivity index (χ3v) is 9.34. The van der Waals surface area contributed by atoms with Gasteiger partial charge in [0.25, 0.3) is 10.0 Å². The molecule has 1 aliphatic heterocycles. The third kappa shape index (κ3) is 4.05. The van der Waals surface area contributed by atoms with Gasteiger partial charge in [-0.1, -0.05) is 12.1 Å². The van der Waals surface area contributed by atoms with Gasteiger partial charge in [-0.05, 0) is 40.9 Å². The number of nitrogens with one attached hydrogen (secondary N) is 2. The average Bonchev–Trinajstić information content (AvgIpc) is 3.45. The van der Waals surface area contributed by atoms with E-state index < -0.39 is 16.1 Å². The number of aliphatic hydroxyl groups is 1. The van der Waals surface area contributed by atoms with Crippen LogP contribution in [-0.4, -0.2) is 50.9 Å². The Morgan fingerprint density at radius 3 is 2.60 bits per heavy atom. The SMILES string of the molecule is O=S(=O)(c1scc(Nc2nsnc2Nc2ccccc2Br)c1O)N1CCCC1CO. The summed E-state index contributed by atoms with van der Waals surface area (Å²) in [7, 11) is -3.91. The van der Waals surface area contributed by atoms with Crippen molar-refractivity contribution in [3.05, 3.63) is 34.1 Å². The number of sulfonamides is 1. The second-order valence-corrected chi connectivity index (χ2v) is 10.9. The monoisotopic (exact) mass is 531 g/mol. The maximum atomic E-state index is 13.0. The van der Waals surface area contributed by atoms with Crippen molar-refractivity contribution in [3.63, 3.8) is 0 Å². The number of aliphatic hydroxyl groups excluding tert-OH is 1. The summed E-state index contributed by atoms with van der Waals surface area (Å²) in [5.41, 5.74) is 1.01. The molecule has 3 aromatic rings. The Balaban J connectivity index is 1.58. The quantitative estimate of drug-likeness (QED) is 0.363. The van der Waals surface area contributed by atoms with Crippen LogP contribution in [-0.2, 0) is 10.0 Å². The largest absolute Gasteiger partial charge is 0.504 e. The summed E-state index contributed by atoms with van der Waals surface area (Å²) in [5.74, 6) is 0.437. The number of benzene rings is 1. The number of thiophene rings is 1. The molecular weight excluding hydrogens is 514 g/mol. The Labute approximate surface area is 189 Å². The molecule has 1 aliphatic rings. The second-order valence-electron chi connectivity index (χ2n) is 6.57. The first kappa shape index (κ1) is 21.5. The van der Waals surface area contributed by atoms with Crippen molar-refractivity contribution < 1.29 is 18.6 Å². The first-order valence-electron chi connectivity index (χ1n) is 8.96. The minimum atomic E-state index is -3.91. The van der Waals surface area contributed by atoms with Crippen LogP contribution >= 0.6 is 39.0 Å². The van der Waals surface area contributed by atoms with Crippen LogP contribution in [0.25, 0.3) is 0 Å². The Kier molecular flexibility index (Phi) is 6.27. The fourth-order valence-corrected chi connectivity index (χ4v) is 7.08. The van der Waals surface area contributed by atoms with E-state index in [0.717, 1.165) is 33.2 Å². The number of para-hydroxylation sites is 1. The van der Waals surface area contributed by atoms with Crippen LogP contribution in [0.2, 0.25) is 0 Å². The van der Waals surface area contributed by atoms with Gasteiger partial charge in [-0.2, -0.15) is 13.1 Å². The molecule has 0 radical (unpaired) electrons. The van der Waals surface area contributed by atoms with Gasteiger partial charge < -0.3 is 20.8 Å². The third-order valence-electron chi connectivity index (χ3n) is 4.68. The lowest BCUT2D eigenvalue weighted by atomic mass is 10.2. The van der Waals surface area contributed by atoms with E-state index in [1.165, 1.54) is 9.69 Å². The number of aromatic hydroxyl groups is 1. The van der Waals surface area contributed by atoms with E-state index >= 15 is 0 Å². The maximum Gasteiger partial charge on any atom is 0.256 e. The second kappa shape index (κ2) is 8.77. The average molecular weight is 532 g/mol. The van der Waals surface area contributed by atoms with Crippen molar-refractivity contribution in [2.45, 2.75) is 23.1 Å². The zero-order chi connectivity index (χ0) is 21.3. The highest BCUT2D eigenvalue weighted by Gasteiger charge is 2.38. The smallest absolute Gasteiger partial charge is 0.256 e. The Hall–Kier alpha value is -1.77. The standard InChI is InChI=1S/C17H18BrN5O4S3/c18-11-5-1-2-6-12(11)19-15-16(22-29-21-15)20-13-9-28-17(14(13)25)30(26,27)23-7-3-4-10(23)8-24/h1-2,5-6,9-10,24-25H,3-4,7-8H2,(H,19,21)(H,20,22). The first-order valence-corrected chi connectivity index (χ1v) is 12.8. The normalized spacial score (nSPS) is 17.3. The van der Waals surface area contributed by atoms with E-state index in [4.69, 9.17) is 0 Å². The van der Waals surface area contributed by atoms with E-state index in [0.29, 0.717) is 31.0 Å². The highest BCUT2D eigenvalue weighted by atomic mass is 79.9. The van der Waals surface area contributed by atoms with Crippen molar-refractivity contribution in [1.82, 2.24) is 13.1 Å². The fraction of sp³-hybridized carbons (Fsp3) is 0.294. The number of aromatic nitrogens is 2. The van der Waals surface area contributed by atoms with Gasteiger partial charge in [0.1, 0.15) is 0 Å². The molecule has 160 valence electrons. The summed E-state index contributed by atoms with van der Waals surface area (Å²) in [6, 6.07) is 7.05. The molecule has 0 spiro atoms. The number of hydrogen-bond acceptors (Lipinski definition) is 10. The highest BCUT2D eigenvalue weighted by Crippen LogP contribution is 2.42. The molecule has 3 heterocycles. The maximum absolute atomic E-state index is 13.0. The number of hydrogen-bond donors (Lipinski definition) is 4. The molecule has 1 atom stereocenters. The molecule has 13 heteroatoms. The van der Waals surface area contributed by atoms with Crippen LogP contribution in [0.1, 0.15) is 12.8 Å². The van der Waals surface area contributed by atoms with Gasteiger partial charge in [0, 0.05) is 22.4 Å². The molecule has 30 heavy (non-hydrogen) atoms. The van der Waals surface area contributed by atoms with Crippen LogP contribution in [0, 0.1) is 0 Å². The van der Waals surface area contributed by atoms with Crippen LogP contribution < -0.4 is 10.6 Å².